The Kier molecular flexibility index (Phi) is 41.5. The maximum atomic E-state index is 13.1. The molecule has 1 heterocycles. The number of carboxylic acids is 1. The second-order valence-corrected chi connectivity index (χ2v) is 18.2. The number of aliphatic carboxylic acids is 1. The number of aliphatic hydroxyl groups is 2. The molecule has 69 heavy (non-hydrogen) atoms. The van der Waals surface area contributed by atoms with E-state index in [1.165, 1.54) is 64.2 Å². The zero-order valence-corrected chi connectivity index (χ0v) is 43.0. The molecule has 12 nitrogen and oxygen atoms in total. The van der Waals surface area contributed by atoms with Gasteiger partial charge in [0.15, 0.2) is 24.6 Å². The van der Waals surface area contributed by atoms with E-state index >= 15 is 0 Å². The quantitative estimate of drug-likeness (QED) is 0.0228. The largest absolute Gasteiger partial charge is 0.479 e. The lowest BCUT2D eigenvalue weighted by atomic mass is 9.98. The predicted octanol–water partition coefficient (Wildman–Crippen LogP) is 13.0. The summed E-state index contributed by atoms with van der Waals surface area (Å²) in [5, 5.41) is 31.3. The summed E-state index contributed by atoms with van der Waals surface area (Å²) in [6, 6.07) is 0. The molecule has 1 aliphatic rings. The Labute approximate surface area is 417 Å². The lowest BCUT2D eigenvalue weighted by molar-refractivity contribution is -0.301. The molecule has 0 saturated carbocycles. The van der Waals surface area contributed by atoms with Crippen LogP contribution in [-0.4, -0.2) is 89.2 Å². The van der Waals surface area contributed by atoms with Crippen molar-refractivity contribution >= 4 is 23.9 Å². The van der Waals surface area contributed by atoms with Gasteiger partial charge in [-0.1, -0.05) is 196 Å². The van der Waals surface area contributed by atoms with Gasteiger partial charge in [-0.15, -0.1) is 0 Å². The summed E-state index contributed by atoms with van der Waals surface area (Å²) in [6.07, 6.45) is 43.5. The van der Waals surface area contributed by atoms with E-state index in [0.717, 1.165) is 89.9 Å². The minimum atomic E-state index is -1.91. The summed E-state index contributed by atoms with van der Waals surface area (Å²) in [5.41, 5.74) is 0. The van der Waals surface area contributed by atoms with Crippen molar-refractivity contribution in [3.8, 4) is 0 Å². The van der Waals surface area contributed by atoms with E-state index in [2.05, 4.69) is 75.5 Å². The third kappa shape index (κ3) is 35.8. The normalized spacial score (nSPS) is 19.2. The third-order valence-corrected chi connectivity index (χ3v) is 11.8. The van der Waals surface area contributed by atoms with Gasteiger partial charge in [0.05, 0.1) is 13.0 Å². The number of unbranched alkanes of at least 4 members (excludes halogenated alkanes) is 19. The molecule has 0 aromatic rings. The first kappa shape index (κ1) is 63.2. The van der Waals surface area contributed by atoms with Gasteiger partial charge in [-0.05, 0) is 70.6 Å². The molecule has 6 atom stereocenters. The van der Waals surface area contributed by atoms with Gasteiger partial charge in [-0.2, -0.15) is 0 Å². The zero-order valence-electron chi connectivity index (χ0n) is 43.0. The van der Waals surface area contributed by atoms with Crippen molar-refractivity contribution in [3.63, 3.8) is 0 Å². The summed E-state index contributed by atoms with van der Waals surface area (Å²) in [7, 11) is 0. The van der Waals surface area contributed by atoms with Gasteiger partial charge in [0.25, 0.3) is 0 Å². The molecule has 1 rings (SSSR count). The molecular formula is C57H94O12. The summed E-state index contributed by atoms with van der Waals surface area (Å²) in [6.45, 7) is 5.73. The molecule has 0 radical (unpaired) electrons. The average Bonchev–Trinajstić information content (AvgIpc) is 3.33. The zero-order chi connectivity index (χ0) is 50.4. The van der Waals surface area contributed by atoms with Crippen LogP contribution in [0.1, 0.15) is 213 Å². The Bertz CT molecular complexity index is 1480. The van der Waals surface area contributed by atoms with Gasteiger partial charge >= 0.3 is 23.9 Å². The Hall–Kier alpha value is -3.84. The van der Waals surface area contributed by atoms with Crippen molar-refractivity contribution in [1.29, 1.82) is 0 Å². The number of carboxylic acid groups (broad SMARTS) is 1. The number of hydrogen-bond donors (Lipinski definition) is 3. The predicted molar refractivity (Wildman–Crippen MR) is 275 cm³/mol. The van der Waals surface area contributed by atoms with Crippen LogP contribution in [0.15, 0.2) is 72.9 Å². The molecular weight excluding hydrogens is 877 g/mol. The summed E-state index contributed by atoms with van der Waals surface area (Å²) in [4.78, 5) is 50.8. The molecule has 0 bridgehead atoms. The molecule has 0 aromatic carbocycles. The van der Waals surface area contributed by atoms with Crippen LogP contribution >= 0.6 is 0 Å². The molecule has 3 N–H and O–H groups in total. The summed E-state index contributed by atoms with van der Waals surface area (Å²) in [5.74, 6) is -3.30. The molecule has 0 aliphatic carbocycles. The van der Waals surface area contributed by atoms with E-state index in [4.69, 9.17) is 23.7 Å². The Morgan fingerprint density at radius 3 is 1.46 bits per heavy atom. The van der Waals surface area contributed by atoms with Crippen LogP contribution in [0.2, 0.25) is 0 Å². The molecule has 0 spiro atoms. The second kappa shape index (κ2) is 45.3. The lowest BCUT2D eigenvalue weighted by Crippen LogP contribution is -2.61. The van der Waals surface area contributed by atoms with Crippen LogP contribution in [0.25, 0.3) is 0 Å². The van der Waals surface area contributed by atoms with Gasteiger partial charge in [0.1, 0.15) is 18.8 Å². The standard InChI is InChI=1S/C57H94O12/c1-4-7-10-13-16-19-22-24-25-27-29-31-34-37-40-43-49(58)65-46-48(67-50(59)44-41-38-35-33-30-26-23-20-17-14-11-8-5-2)47-66-57-55(53(62)52(61)54(69-57)56(63)64)68-51(60)45-42-39-36-32-28-21-18-15-12-9-6-3/h7,10,16,19-20,23-25,29,31,37,40,48,52-55,57,61-62H,4-6,8-9,11-15,17-18,21-22,26-28,30,32-36,38-39,41-47H2,1-3H3,(H,63,64)/b10-7-,19-16-,23-20-,25-24-,31-29-,40-37-. The number of allylic oxidation sites excluding steroid dienone is 11. The van der Waals surface area contributed by atoms with E-state index in [1.807, 2.05) is 12.2 Å². The molecule has 1 aliphatic heterocycles. The van der Waals surface area contributed by atoms with E-state index in [9.17, 15) is 34.5 Å². The Morgan fingerprint density at radius 1 is 0.507 bits per heavy atom. The highest BCUT2D eigenvalue weighted by molar-refractivity contribution is 5.74. The van der Waals surface area contributed by atoms with Crippen LogP contribution in [0, 0.1) is 0 Å². The summed E-state index contributed by atoms with van der Waals surface area (Å²) < 4.78 is 28.2. The number of carbonyl (C=O) groups excluding carboxylic acids is 3. The van der Waals surface area contributed by atoms with Gasteiger partial charge in [0.2, 0.25) is 0 Å². The molecule has 6 unspecified atom stereocenters. The van der Waals surface area contributed by atoms with Crippen molar-refractivity contribution in [2.45, 2.75) is 250 Å². The fourth-order valence-electron chi connectivity index (χ4n) is 7.67. The number of carbonyl (C=O) groups is 4. The highest BCUT2D eigenvalue weighted by Gasteiger charge is 2.50. The first-order valence-corrected chi connectivity index (χ1v) is 26.9. The number of ether oxygens (including phenoxy) is 5. The first-order valence-electron chi connectivity index (χ1n) is 26.9. The molecule has 12 heteroatoms. The van der Waals surface area contributed by atoms with Crippen LogP contribution in [0.4, 0.5) is 0 Å². The van der Waals surface area contributed by atoms with Crippen molar-refractivity contribution in [2.75, 3.05) is 13.2 Å². The topological polar surface area (TPSA) is 175 Å². The Balaban J connectivity index is 2.79. The number of esters is 3. The smallest absolute Gasteiger partial charge is 0.335 e. The third-order valence-electron chi connectivity index (χ3n) is 11.8. The highest BCUT2D eigenvalue weighted by atomic mass is 16.7. The van der Waals surface area contributed by atoms with Crippen LogP contribution in [-0.2, 0) is 42.9 Å². The molecule has 0 amide bonds. The maximum Gasteiger partial charge on any atom is 0.335 e. The van der Waals surface area contributed by atoms with Crippen LogP contribution in [0.5, 0.6) is 0 Å². The van der Waals surface area contributed by atoms with Gasteiger partial charge < -0.3 is 39.0 Å². The van der Waals surface area contributed by atoms with Gasteiger partial charge in [-0.3, -0.25) is 14.4 Å². The molecule has 1 fully saturated rings. The monoisotopic (exact) mass is 971 g/mol. The first-order chi connectivity index (χ1) is 33.6. The Morgan fingerprint density at radius 2 is 0.957 bits per heavy atom. The second-order valence-electron chi connectivity index (χ2n) is 18.2. The van der Waals surface area contributed by atoms with Crippen LogP contribution in [0.3, 0.4) is 0 Å². The maximum absolute atomic E-state index is 13.1. The van der Waals surface area contributed by atoms with E-state index in [1.54, 1.807) is 6.08 Å². The fourth-order valence-corrected chi connectivity index (χ4v) is 7.67. The average molecular weight is 971 g/mol. The van der Waals surface area contributed by atoms with E-state index in [-0.39, 0.29) is 25.9 Å². The van der Waals surface area contributed by atoms with Crippen molar-refractivity contribution < 1.29 is 58.2 Å². The van der Waals surface area contributed by atoms with Crippen molar-refractivity contribution in [3.05, 3.63) is 72.9 Å². The van der Waals surface area contributed by atoms with Gasteiger partial charge in [-0.25, -0.2) is 4.79 Å². The van der Waals surface area contributed by atoms with Gasteiger partial charge in [0, 0.05) is 12.8 Å². The molecule has 394 valence electrons. The van der Waals surface area contributed by atoms with Crippen LogP contribution < -0.4 is 0 Å². The lowest BCUT2D eigenvalue weighted by Gasteiger charge is -2.40. The number of hydrogen-bond acceptors (Lipinski definition) is 11. The number of aliphatic hydroxyl groups excluding tert-OH is 2. The van der Waals surface area contributed by atoms with Crippen molar-refractivity contribution in [1.82, 2.24) is 0 Å². The minimum absolute atomic E-state index is 0.0168. The summed E-state index contributed by atoms with van der Waals surface area (Å²) >= 11 is 0. The molecule has 0 aromatic heterocycles. The van der Waals surface area contributed by atoms with E-state index in [0.29, 0.717) is 19.3 Å². The highest BCUT2D eigenvalue weighted by Crippen LogP contribution is 2.26. The van der Waals surface area contributed by atoms with E-state index < -0.39 is 67.3 Å². The minimum Gasteiger partial charge on any atom is -0.479 e. The van der Waals surface area contributed by atoms with Crippen molar-refractivity contribution in [2.24, 2.45) is 0 Å². The number of rotatable bonds is 44. The molecule has 1 saturated heterocycles. The fraction of sp³-hybridized carbons (Fsp3) is 0.719. The SMILES string of the molecule is CC/C=C\C/C=C\C/C=C\C/C=C\C/C=C\CC(=O)OCC(COC1OC(C(=O)O)C(O)C(O)C1OC(=O)CCCCCCCCCCCCC)OC(=O)CCCCCCC/C=C\CCCCCC.